The van der Waals surface area contributed by atoms with Crippen LogP contribution in [0.25, 0.3) is 22.2 Å². The van der Waals surface area contributed by atoms with Crippen LogP contribution in [0.1, 0.15) is 12.8 Å². The Morgan fingerprint density at radius 1 is 0.862 bits per heavy atom. The topological polar surface area (TPSA) is 89.5 Å². The molecular weight excluding hydrogens is 368 g/mol. The van der Waals surface area contributed by atoms with Gasteiger partial charge in [-0.1, -0.05) is 48.5 Å². The Kier molecular flexibility index (Phi) is 5.37. The van der Waals surface area contributed by atoms with Gasteiger partial charge in [-0.05, 0) is 12.5 Å². The van der Waals surface area contributed by atoms with Crippen LogP contribution in [0.3, 0.4) is 0 Å². The van der Waals surface area contributed by atoms with E-state index < -0.39 is 5.97 Å². The lowest BCUT2D eigenvalue weighted by Crippen LogP contribution is -2.49. The smallest absolute Gasteiger partial charge is 0.226 e. The van der Waals surface area contributed by atoms with Gasteiger partial charge in [0.05, 0.1) is 11.2 Å². The van der Waals surface area contributed by atoms with E-state index in [1.165, 1.54) is 0 Å². The third-order valence-electron chi connectivity index (χ3n) is 5.10. The van der Waals surface area contributed by atoms with Crippen molar-refractivity contribution in [2.75, 3.05) is 31.1 Å². The molecular formula is C22H21N4O3-. The van der Waals surface area contributed by atoms with Crippen molar-refractivity contribution >= 4 is 28.7 Å². The summed E-state index contributed by atoms with van der Waals surface area (Å²) in [7, 11) is 0. The fourth-order valence-electron chi connectivity index (χ4n) is 3.54. The number of hydrogen-bond donors (Lipinski definition) is 0. The van der Waals surface area contributed by atoms with Crippen molar-refractivity contribution in [1.29, 1.82) is 0 Å². The van der Waals surface area contributed by atoms with Crippen molar-refractivity contribution in [2.45, 2.75) is 12.8 Å². The maximum Gasteiger partial charge on any atom is 0.226 e. The van der Waals surface area contributed by atoms with E-state index in [0.717, 1.165) is 22.2 Å². The maximum absolute atomic E-state index is 12.1. The van der Waals surface area contributed by atoms with Gasteiger partial charge in [-0.2, -0.15) is 0 Å². The van der Waals surface area contributed by atoms with Crippen molar-refractivity contribution in [2.24, 2.45) is 0 Å². The summed E-state index contributed by atoms with van der Waals surface area (Å²) in [6, 6.07) is 18.0. The third-order valence-corrected chi connectivity index (χ3v) is 5.10. The van der Waals surface area contributed by atoms with Gasteiger partial charge in [-0.3, -0.25) is 4.79 Å². The molecule has 0 spiro atoms. The van der Waals surface area contributed by atoms with E-state index in [1.54, 1.807) is 4.90 Å². The van der Waals surface area contributed by atoms with E-state index in [1.807, 2.05) is 54.6 Å². The van der Waals surface area contributed by atoms with Crippen LogP contribution in [0.15, 0.2) is 54.6 Å². The minimum Gasteiger partial charge on any atom is -0.550 e. The van der Waals surface area contributed by atoms with Crippen molar-refractivity contribution in [1.82, 2.24) is 14.9 Å². The molecule has 1 fully saturated rings. The molecule has 0 unspecified atom stereocenters. The second-order valence-corrected chi connectivity index (χ2v) is 7.00. The summed E-state index contributed by atoms with van der Waals surface area (Å²) in [5.74, 6) is -0.711. The van der Waals surface area contributed by atoms with Crippen LogP contribution in [0.5, 0.6) is 0 Å². The summed E-state index contributed by atoms with van der Waals surface area (Å²) >= 11 is 0. The number of carboxylic acids is 1. The number of carbonyl (C=O) groups excluding carboxylic acids is 2. The van der Waals surface area contributed by atoms with Gasteiger partial charge in [0.1, 0.15) is 0 Å². The van der Waals surface area contributed by atoms with E-state index in [-0.39, 0.29) is 18.7 Å². The molecule has 1 aliphatic heterocycles. The molecule has 7 heteroatoms. The number of hydrogen-bond acceptors (Lipinski definition) is 6. The molecule has 2 heterocycles. The van der Waals surface area contributed by atoms with Crippen LogP contribution in [0.4, 0.5) is 5.95 Å². The van der Waals surface area contributed by atoms with Gasteiger partial charge in [0.15, 0.2) is 0 Å². The van der Waals surface area contributed by atoms with E-state index >= 15 is 0 Å². The van der Waals surface area contributed by atoms with Crippen molar-refractivity contribution in [3.05, 3.63) is 54.6 Å². The number of piperazine rings is 1. The second kappa shape index (κ2) is 8.26. The molecule has 3 aromatic rings. The van der Waals surface area contributed by atoms with Gasteiger partial charge < -0.3 is 19.7 Å². The Bertz CT molecular complexity index is 1030. The molecule has 148 valence electrons. The quantitative estimate of drug-likeness (QED) is 0.657. The summed E-state index contributed by atoms with van der Waals surface area (Å²) in [5, 5.41) is 11.6. The zero-order chi connectivity index (χ0) is 20.2. The first-order chi connectivity index (χ1) is 14.1. The van der Waals surface area contributed by atoms with E-state index in [2.05, 4.69) is 4.90 Å². The van der Waals surface area contributed by atoms with E-state index in [0.29, 0.717) is 32.1 Å². The van der Waals surface area contributed by atoms with E-state index in [4.69, 9.17) is 9.97 Å². The summed E-state index contributed by atoms with van der Waals surface area (Å²) in [6.07, 6.45) is -0.264. The lowest BCUT2D eigenvalue weighted by Gasteiger charge is -2.35. The SMILES string of the molecule is O=C([O-])CCC(=O)N1CCN(c2nc(-c3ccccc3)c3ccccc3n2)CC1. The third kappa shape index (κ3) is 4.18. The molecule has 0 bridgehead atoms. The highest BCUT2D eigenvalue weighted by molar-refractivity contribution is 5.93. The fraction of sp³-hybridized carbons (Fsp3) is 0.273. The lowest BCUT2D eigenvalue weighted by molar-refractivity contribution is -0.305. The number of aromatic nitrogens is 2. The van der Waals surface area contributed by atoms with E-state index in [9.17, 15) is 14.7 Å². The van der Waals surface area contributed by atoms with Crippen LogP contribution >= 0.6 is 0 Å². The number of amides is 1. The molecule has 0 saturated carbocycles. The summed E-state index contributed by atoms with van der Waals surface area (Å²) in [4.78, 5) is 36.1. The highest BCUT2D eigenvalue weighted by Gasteiger charge is 2.23. The highest BCUT2D eigenvalue weighted by atomic mass is 16.4. The van der Waals surface area contributed by atoms with Crippen molar-refractivity contribution in [3.63, 3.8) is 0 Å². The Morgan fingerprint density at radius 3 is 2.28 bits per heavy atom. The van der Waals surface area contributed by atoms with Crippen LogP contribution in [-0.2, 0) is 9.59 Å². The Hall–Kier alpha value is -3.48. The summed E-state index contributed by atoms with van der Waals surface area (Å²) < 4.78 is 0. The molecule has 1 aromatic heterocycles. The number of para-hydroxylation sites is 1. The number of aliphatic carboxylic acids is 1. The lowest BCUT2D eigenvalue weighted by atomic mass is 10.1. The number of nitrogens with zero attached hydrogens (tertiary/aromatic N) is 4. The molecule has 1 amide bonds. The number of carbonyl (C=O) groups is 2. The van der Waals surface area contributed by atoms with Crippen LogP contribution < -0.4 is 10.0 Å². The van der Waals surface area contributed by atoms with Gasteiger partial charge in [-0.25, -0.2) is 9.97 Å². The zero-order valence-electron chi connectivity index (χ0n) is 16.0. The molecule has 7 nitrogen and oxygen atoms in total. The molecule has 0 radical (unpaired) electrons. The first-order valence-electron chi connectivity index (χ1n) is 9.66. The molecule has 0 atom stereocenters. The number of benzene rings is 2. The molecule has 29 heavy (non-hydrogen) atoms. The maximum atomic E-state index is 12.1. The Labute approximate surface area is 168 Å². The normalized spacial score (nSPS) is 14.2. The Morgan fingerprint density at radius 2 is 1.55 bits per heavy atom. The second-order valence-electron chi connectivity index (χ2n) is 7.00. The first-order valence-corrected chi connectivity index (χ1v) is 9.66. The van der Waals surface area contributed by atoms with Crippen molar-refractivity contribution in [3.8, 4) is 11.3 Å². The number of anilines is 1. The molecule has 4 rings (SSSR count). The average molecular weight is 389 g/mol. The molecule has 0 aliphatic carbocycles. The Balaban J connectivity index is 1.56. The highest BCUT2D eigenvalue weighted by Crippen LogP contribution is 2.28. The number of fused-ring (bicyclic) bond motifs is 1. The predicted octanol–water partition coefficient (Wildman–Crippen LogP) is 1.48. The van der Waals surface area contributed by atoms with Crippen LogP contribution in [-0.4, -0.2) is 52.9 Å². The molecule has 1 aliphatic rings. The molecule has 1 saturated heterocycles. The van der Waals surface area contributed by atoms with Gasteiger partial charge in [0.2, 0.25) is 11.9 Å². The molecule has 2 aromatic carbocycles. The van der Waals surface area contributed by atoms with Crippen molar-refractivity contribution < 1.29 is 14.7 Å². The average Bonchev–Trinajstić information content (AvgIpc) is 2.77. The van der Waals surface area contributed by atoms with Gasteiger partial charge in [-0.15, -0.1) is 0 Å². The number of carboxylic acid groups (broad SMARTS) is 1. The zero-order valence-corrected chi connectivity index (χ0v) is 16.0. The first kappa shape index (κ1) is 18.9. The fourth-order valence-corrected chi connectivity index (χ4v) is 3.54. The summed E-state index contributed by atoms with van der Waals surface area (Å²) in [5.41, 5.74) is 2.80. The standard InChI is InChI=1S/C22H22N4O3/c27-19(10-11-20(28)29)25-12-14-26(15-13-25)22-23-18-9-5-4-8-17(18)21(24-22)16-6-2-1-3-7-16/h1-9H,10-15H2,(H,28,29)/p-1. The predicted molar refractivity (Wildman–Crippen MR) is 108 cm³/mol. The van der Waals surface area contributed by atoms with Gasteiger partial charge in [0.25, 0.3) is 0 Å². The monoisotopic (exact) mass is 389 g/mol. The summed E-state index contributed by atoms with van der Waals surface area (Å²) in [6.45, 7) is 2.23. The minimum absolute atomic E-state index is 0.0209. The van der Waals surface area contributed by atoms with Crippen LogP contribution in [0, 0.1) is 0 Å². The minimum atomic E-state index is -1.20. The largest absolute Gasteiger partial charge is 0.550 e. The van der Waals surface area contributed by atoms with Gasteiger partial charge >= 0.3 is 0 Å². The van der Waals surface area contributed by atoms with Gasteiger partial charge in [0, 0.05) is 49.5 Å². The molecule has 0 N–H and O–H groups in total. The van der Waals surface area contributed by atoms with Crippen LogP contribution in [0.2, 0.25) is 0 Å². The number of rotatable bonds is 5.